The molecule has 16 heavy (non-hydrogen) atoms. The average Bonchev–Trinajstić information content (AvgIpc) is 2.83. The Kier molecular flexibility index (Phi) is 4.10. The predicted octanol–water partition coefficient (Wildman–Crippen LogP) is 1.06. The van der Waals surface area contributed by atoms with Gasteiger partial charge in [-0.25, -0.2) is 10.8 Å². The first-order valence-corrected chi connectivity index (χ1v) is 5.50. The molecule has 1 aromatic heterocycles. The highest BCUT2D eigenvalue weighted by molar-refractivity contribution is 5.41. The van der Waals surface area contributed by atoms with E-state index in [1.54, 1.807) is 6.20 Å². The number of pyridine rings is 1. The average molecular weight is 223 g/mol. The first-order valence-electron chi connectivity index (χ1n) is 5.50. The molecule has 0 spiro atoms. The molecule has 0 aliphatic carbocycles. The number of nitrogen functional groups attached to an aromatic ring is 1. The third-order valence-corrected chi connectivity index (χ3v) is 2.61. The summed E-state index contributed by atoms with van der Waals surface area (Å²) in [5.74, 6) is 6.01. The van der Waals surface area contributed by atoms with Gasteiger partial charge in [-0.15, -0.1) is 0 Å². The Morgan fingerprint density at radius 1 is 1.62 bits per heavy atom. The molecule has 5 heteroatoms. The van der Waals surface area contributed by atoms with E-state index in [9.17, 15) is 0 Å². The molecule has 1 aromatic rings. The van der Waals surface area contributed by atoms with Crippen LogP contribution in [0, 0.1) is 0 Å². The van der Waals surface area contributed by atoms with E-state index in [1.807, 2.05) is 12.1 Å². The molecule has 0 bridgehead atoms. The number of nitrogens with zero attached hydrogens (tertiary/aromatic N) is 1. The highest BCUT2D eigenvalue weighted by atomic mass is 16.5. The summed E-state index contributed by atoms with van der Waals surface area (Å²) in [6.07, 6.45) is 4.18. The van der Waals surface area contributed by atoms with Crippen molar-refractivity contribution in [3.8, 4) is 0 Å². The Balaban J connectivity index is 1.79. The highest BCUT2D eigenvalue weighted by Gasteiger charge is 2.15. The second-order valence-corrected chi connectivity index (χ2v) is 3.81. The van der Waals surface area contributed by atoms with Gasteiger partial charge in [0, 0.05) is 18.4 Å². The van der Waals surface area contributed by atoms with Crippen LogP contribution in [0.4, 0.5) is 5.82 Å². The van der Waals surface area contributed by atoms with Gasteiger partial charge < -0.3 is 14.9 Å². The molecule has 0 radical (unpaired) electrons. The molecule has 1 aliphatic rings. The molecule has 0 saturated carbocycles. The number of rotatable bonds is 5. The zero-order valence-corrected chi connectivity index (χ0v) is 9.19. The summed E-state index contributed by atoms with van der Waals surface area (Å²) in [4.78, 5) is 4.10. The zero-order valence-electron chi connectivity index (χ0n) is 9.19. The quantitative estimate of drug-likeness (QED) is 0.577. The van der Waals surface area contributed by atoms with Gasteiger partial charge in [0.05, 0.1) is 19.3 Å². The molecule has 2 rings (SSSR count). The molecule has 1 unspecified atom stereocenters. The fraction of sp³-hybridized carbons (Fsp3) is 0.545. The summed E-state index contributed by atoms with van der Waals surface area (Å²) >= 11 is 0. The minimum absolute atomic E-state index is 0.256. The minimum atomic E-state index is 0.256. The van der Waals surface area contributed by atoms with Crippen LogP contribution in [0.5, 0.6) is 0 Å². The molecule has 3 N–H and O–H groups in total. The molecule has 1 fully saturated rings. The number of ether oxygens (including phenoxy) is 2. The maximum atomic E-state index is 5.59. The van der Waals surface area contributed by atoms with Gasteiger partial charge in [0.1, 0.15) is 5.82 Å². The number of hydrazine groups is 1. The summed E-state index contributed by atoms with van der Waals surface area (Å²) in [5, 5.41) is 0. The first-order chi connectivity index (χ1) is 7.90. The molecule has 1 atom stereocenters. The molecular weight excluding hydrogens is 206 g/mol. The number of aromatic nitrogens is 1. The van der Waals surface area contributed by atoms with Crippen molar-refractivity contribution in [3.05, 3.63) is 23.9 Å². The Bertz CT molecular complexity index is 327. The van der Waals surface area contributed by atoms with Crippen molar-refractivity contribution in [1.82, 2.24) is 4.98 Å². The minimum Gasteiger partial charge on any atom is -0.376 e. The van der Waals surface area contributed by atoms with Crippen molar-refractivity contribution >= 4 is 5.82 Å². The number of hydrogen-bond donors (Lipinski definition) is 2. The van der Waals surface area contributed by atoms with Crippen LogP contribution < -0.4 is 11.3 Å². The van der Waals surface area contributed by atoms with Gasteiger partial charge in [-0.05, 0) is 18.9 Å². The van der Waals surface area contributed by atoms with Crippen LogP contribution >= 0.6 is 0 Å². The maximum absolute atomic E-state index is 5.59. The summed E-state index contributed by atoms with van der Waals surface area (Å²) in [5.41, 5.74) is 3.51. The molecular formula is C11H17N3O2. The second kappa shape index (κ2) is 5.79. The van der Waals surface area contributed by atoms with E-state index >= 15 is 0 Å². The van der Waals surface area contributed by atoms with E-state index in [1.165, 1.54) is 0 Å². The van der Waals surface area contributed by atoms with Gasteiger partial charge in [-0.1, -0.05) is 6.07 Å². The van der Waals surface area contributed by atoms with Crippen LogP contribution in [0.2, 0.25) is 0 Å². The summed E-state index contributed by atoms with van der Waals surface area (Å²) in [6, 6.07) is 3.81. The second-order valence-electron chi connectivity index (χ2n) is 3.81. The van der Waals surface area contributed by atoms with E-state index < -0.39 is 0 Å². The lowest BCUT2D eigenvalue weighted by molar-refractivity contribution is 0.0107. The van der Waals surface area contributed by atoms with E-state index in [0.717, 1.165) is 25.0 Å². The van der Waals surface area contributed by atoms with Crippen molar-refractivity contribution in [2.75, 3.05) is 18.6 Å². The predicted molar refractivity (Wildman–Crippen MR) is 60.7 cm³/mol. The van der Waals surface area contributed by atoms with Crippen molar-refractivity contribution in [2.45, 2.75) is 25.6 Å². The fourth-order valence-electron chi connectivity index (χ4n) is 1.76. The van der Waals surface area contributed by atoms with Gasteiger partial charge in [0.25, 0.3) is 0 Å². The highest BCUT2D eigenvalue weighted by Crippen LogP contribution is 2.15. The molecule has 1 saturated heterocycles. The smallest absolute Gasteiger partial charge is 0.145 e. The van der Waals surface area contributed by atoms with Crippen LogP contribution in [0.15, 0.2) is 18.3 Å². The Morgan fingerprint density at radius 2 is 2.56 bits per heavy atom. The number of nitrogens with one attached hydrogen (secondary N) is 1. The number of hydrogen-bond acceptors (Lipinski definition) is 5. The lowest BCUT2D eigenvalue weighted by atomic mass is 10.2. The van der Waals surface area contributed by atoms with Gasteiger partial charge >= 0.3 is 0 Å². The lowest BCUT2D eigenvalue weighted by Gasteiger charge is -2.11. The number of anilines is 1. The Labute approximate surface area is 94.9 Å². The normalized spacial score (nSPS) is 19.9. The molecule has 1 aliphatic heterocycles. The topological polar surface area (TPSA) is 69.4 Å². The Hall–Kier alpha value is -1.17. The molecule has 0 aromatic carbocycles. The van der Waals surface area contributed by atoms with Crippen molar-refractivity contribution in [1.29, 1.82) is 0 Å². The van der Waals surface area contributed by atoms with E-state index in [4.69, 9.17) is 15.3 Å². The van der Waals surface area contributed by atoms with Crippen LogP contribution in [0.1, 0.15) is 18.4 Å². The van der Waals surface area contributed by atoms with Gasteiger partial charge in [0.2, 0.25) is 0 Å². The van der Waals surface area contributed by atoms with Crippen molar-refractivity contribution in [3.63, 3.8) is 0 Å². The zero-order chi connectivity index (χ0) is 11.2. The van der Waals surface area contributed by atoms with Gasteiger partial charge in [-0.3, -0.25) is 0 Å². The standard InChI is InChI=1S/C11H17N3O2/c12-14-11-9(3-1-5-13-11)7-15-8-10-4-2-6-16-10/h1,3,5,10H,2,4,6-8,12H2,(H,13,14). The van der Waals surface area contributed by atoms with E-state index in [0.29, 0.717) is 19.0 Å². The molecule has 5 nitrogen and oxygen atoms in total. The molecule has 0 amide bonds. The third-order valence-electron chi connectivity index (χ3n) is 2.61. The fourth-order valence-corrected chi connectivity index (χ4v) is 1.76. The number of nitrogens with two attached hydrogens (primary N) is 1. The third kappa shape index (κ3) is 2.91. The van der Waals surface area contributed by atoms with E-state index in [-0.39, 0.29) is 6.10 Å². The van der Waals surface area contributed by atoms with Crippen LogP contribution in [0.25, 0.3) is 0 Å². The SMILES string of the molecule is NNc1ncccc1COCC1CCCO1. The van der Waals surface area contributed by atoms with E-state index in [2.05, 4.69) is 10.4 Å². The van der Waals surface area contributed by atoms with Crippen LogP contribution in [-0.4, -0.2) is 24.3 Å². The molecule has 2 heterocycles. The van der Waals surface area contributed by atoms with Crippen molar-refractivity contribution in [2.24, 2.45) is 5.84 Å². The lowest BCUT2D eigenvalue weighted by Crippen LogP contribution is -2.15. The summed E-state index contributed by atoms with van der Waals surface area (Å²) in [7, 11) is 0. The summed E-state index contributed by atoms with van der Waals surface area (Å²) in [6.45, 7) is 2.00. The largest absolute Gasteiger partial charge is 0.376 e. The van der Waals surface area contributed by atoms with Crippen LogP contribution in [-0.2, 0) is 16.1 Å². The van der Waals surface area contributed by atoms with Crippen LogP contribution in [0.3, 0.4) is 0 Å². The summed E-state index contributed by atoms with van der Waals surface area (Å²) < 4.78 is 11.1. The molecule has 88 valence electrons. The van der Waals surface area contributed by atoms with Gasteiger partial charge in [-0.2, -0.15) is 0 Å². The maximum Gasteiger partial charge on any atom is 0.145 e. The van der Waals surface area contributed by atoms with Crippen molar-refractivity contribution < 1.29 is 9.47 Å². The monoisotopic (exact) mass is 223 g/mol. The Morgan fingerprint density at radius 3 is 3.31 bits per heavy atom. The van der Waals surface area contributed by atoms with Gasteiger partial charge in [0.15, 0.2) is 0 Å². The first kappa shape index (κ1) is 11.3.